The number of carbonyl (C=O) groups is 2. The zero-order valence-electron chi connectivity index (χ0n) is 17.2. The average Bonchev–Trinajstić information content (AvgIpc) is 3.03. The molecule has 7 heteroatoms. The highest BCUT2D eigenvalue weighted by Crippen LogP contribution is 2.23. The van der Waals surface area contributed by atoms with Crippen LogP contribution in [0.25, 0.3) is 10.9 Å². The Labute approximate surface area is 174 Å². The van der Waals surface area contributed by atoms with Crippen LogP contribution in [0.2, 0.25) is 0 Å². The molecule has 0 radical (unpaired) electrons. The number of H-pyrrole nitrogens is 1. The van der Waals surface area contributed by atoms with Crippen molar-refractivity contribution in [2.24, 2.45) is 0 Å². The minimum Gasteiger partial charge on any atom is -0.358 e. The van der Waals surface area contributed by atoms with Gasteiger partial charge in [0, 0.05) is 54.0 Å². The summed E-state index contributed by atoms with van der Waals surface area (Å²) in [5.74, 6) is -0.467. The molecule has 3 aromatic rings. The van der Waals surface area contributed by atoms with Gasteiger partial charge < -0.3 is 15.2 Å². The third-order valence-corrected chi connectivity index (χ3v) is 5.71. The Kier molecular flexibility index (Phi) is 5.55. The molecule has 2 heterocycles. The minimum absolute atomic E-state index is 0.0190. The minimum atomic E-state index is -0.338. The van der Waals surface area contributed by atoms with Gasteiger partial charge in [0.2, 0.25) is 5.91 Å². The van der Waals surface area contributed by atoms with Gasteiger partial charge in [-0.25, -0.2) is 4.39 Å². The van der Waals surface area contributed by atoms with Gasteiger partial charge in [-0.05, 0) is 61.9 Å². The van der Waals surface area contributed by atoms with Gasteiger partial charge in [-0.1, -0.05) is 0 Å². The fourth-order valence-electron chi connectivity index (χ4n) is 3.82. The Morgan fingerprint density at radius 2 is 1.73 bits per heavy atom. The highest BCUT2D eigenvalue weighted by atomic mass is 19.1. The van der Waals surface area contributed by atoms with Gasteiger partial charge in [0.05, 0.1) is 6.54 Å². The van der Waals surface area contributed by atoms with Crippen LogP contribution in [0.1, 0.15) is 21.6 Å². The Morgan fingerprint density at radius 1 is 1.03 bits per heavy atom. The van der Waals surface area contributed by atoms with Crippen LogP contribution >= 0.6 is 0 Å². The van der Waals surface area contributed by atoms with E-state index in [9.17, 15) is 14.0 Å². The van der Waals surface area contributed by atoms with Crippen molar-refractivity contribution < 1.29 is 14.0 Å². The maximum atomic E-state index is 13.0. The Hall–Kier alpha value is -3.19. The van der Waals surface area contributed by atoms with Gasteiger partial charge in [-0.3, -0.25) is 14.5 Å². The molecule has 0 saturated carbocycles. The maximum Gasteiger partial charge on any atom is 0.253 e. The molecule has 4 rings (SSSR count). The van der Waals surface area contributed by atoms with E-state index in [0.29, 0.717) is 37.4 Å². The average molecular weight is 408 g/mol. The fraction of sp³-hybridized carbons (Fsp3) is 0.304. The zero-order chi connectivity index (χ0) is 21.3. The number of anilines is 1. The Balaban J connectivity index is 1.32. The molecule has 0 bridgehead atoms. The molecule has 0 aliphatic carbocycles. The van der Waals surface area contributed by atoms with E-state index in [1.54, 1.807) is 0 Å². The second-order valence-corrected chi connectivity index (χ2v) is 7.76. The lowest BCUT2D eigenvalue weighted by molar-refractivity contribution is -0.117. The number of amides is 2. The third kappa shape index (κ3) is 4.21. The number of fused-ring (bicyclic) bond motifs is 1. The number of nitrogens with zero attached hydrogens (tertiary/aromatic N) is 2. The van der Waals surface area contributed by atoms with Crippen molar-refractivity contribution in [3.63, 3.8) is 0 Å². The van der Waals surface area contributed by atoms with E-state index >= 15 is 0 Å². The maximum absolute atomic E-state index is 13.0. The van der Waals surface area contributed by atoms with Gasteiger partial charge in [0.25, 0.3) is 5.91 Å². The van der Waals surface area contributed by atoms with Crippen LogP contribution in [-0.2, 0) is 4.79 Å². The molecule has 0 spiro atoms. The van der Waals surface area contributed by atoms with Crippen LogP contribution in [0.4, 0.5) is 10.1 Å². The first-order chi connectivity index (χ1) is 14.4. The molecular formula is C23H25FN4O2. The normalized spacial score (nSPS) is 14.8. The quantitative estimate of drug-likeness (QED) is 0.696. The number of hydrogen-bond acceptors (Lipinski definition) is 3. The van der Waals surface area contributed by atoms with Crippen LogP contribution in [0.3, 0.4) is 0 Å². The Morgan fingerprint density at radius 3 is 2.43 bits per heavy atom. The van der Waals surface area contributed by atoms with E-state index in [-0.39, 0.29) is 24.2 Å². The van der Waals surface area contributed by atoms with Crippen molar-refractivity contribution in [2.45, 2.75) is 13.8 Å². The van der Waals surface area contributed by atoms with Gasteiger partial charge in [-0.15, -0.1) is 0 Å². The highest BCUT2D eigenvalue weighted by Gasteiger charge is 2.23. The van der Waals surface area contributed by atoms with Gasteiger partial charge in [-0.2, -0.15) is 0 Å². The SMILES string of the molecule is Cc1[nH]c2ccc(C(=O)N3CCN(CC(=O)Nc4ccc(F)cc4)CC3)cc2c1C. The number of halogens is 1. The molecule has 0 atom stereocenters. The summed E-state index contributed by atoms with van der Waals surface area (Å²) < 4.78 is 13.0. The number of benzene rings is 2. The third-order valence-electron chi connectivity index (χ3n) is 5.71. The number of hydrogen-bond donors (Lipinski definition) is 2. The number of aromatic amines is 1. The first kappa shape index (κ1) is 20.1. The first-order valence-corrected chi connectivity index (χ1v) is 10.1. The standard InChI is InChI=1S/C23H25FN4O2/c1-15-16(2)25-21-8-3-17(13-20(15)21)23(30)28-11-9-27(10-12-28)14-22(29)26-19-6-4-18(24)5-7-19/h3-8,13,25H,9-12,14H2,1-2H3,(H,26,29). The molecule has 1 aliphatic heterocycles. The molecule has 0 unspecified atom stereocenters. The van der Waals surface area contributed by atoms with Crippen LogP contribution in [-0.4, -0.2) is 59.3 Å². The van der Waals surface area contributed by atoms with Gasteiger partial charge in [0.15, 0.2) is 0 Å². The summed E-state index contributed by atoms with van der Waals surface area (Å²) in [5, 5.41) is 3.85. The molecule has 2 amide bonds. The molecule has 2 aromatic carbocycles. The summed E-state index contributed by atoms with van der Waals surface area (Å²) in [4.78, 5) is 32.4. The molecular weight excluding hydrogens is 383 g/mol. The van der Waals surface area contributed by atoms with Gasteiger partial charge >= 0.3 is 0 Å². The second-order valence-electron chi connectivity index (χ2n) is 7.76. The number of aromatic nitrogens is 1. The van der Waals surface area contributed by atoms with Crippen molar-refractivity contribution in [1.82, 2.24) is 14.8 Å². The molecule has 2 N–H and O–H groups in total. The van der Waals surface area contributed by atoms with Crippen LogP contribution in [0.5, 0.6) is 0 Å². The van der Waals surface area contributed by atoms with Crippen molar-refractivity contribution in [2.75, 3.05) is 38.0 Å². The molecule has 156 valence electrons. The molecule has 30 heavy (non-hydrogen) atoms. The summed E-state index contributed by atoms with van der Waals surface area (Å²) in [6.07, 6.45) is 0. The molecule has 6 nitrogen and oxygen atoms in total. The van der Waals surface area contributed by atoms with Crippen LogP contribution in [0.15, 0.2) is 42.5 Å². The van der Waals surface area contributed by atoms with E-state index < -0.39 is 0 Å². The summed E-state index contributed by atoms with van der Waals surface area (Å²) in [6.45, 7) is 6.74. The Bertz CT molecular complexity index is 1080. The van der Waals surface area contributed by atoms with E-state index in [0.717, 1.165) is 22.2 Å². The lowest BCUT2D eigenvalue weighted by Gasteiger charge is -2.34. The lowest BCUT2D eigenvalue weighted by atomic mass is 10.1. The van der Waals surface area contributed by atoms with Crippen LogP contribution in [0, 0.1) is 19.7 Å². The lowest BCUT2D eigenvalue weighted by Crippen LogP contribution is -2.50. The zero-order valence-corrected chi connectivity index (χ0v) is 17.2. The number of aryl methyl sites for hydroxylation is 2. The van der Waals surface area contributed by atoms with Gasteiger partial charge in [0.1, 0.15) is 5.82 Å². The molecule has 1 aliphatic rings. The number of rotatable bonds is 4. The first-order valence-electron chi connectivity index (χ1n) is 10.1. The summed E-state index contributed by atoms with van der Waals surface area (Å²) in [5.41, 5.74) is 4.57. The summed E-state index contributed by atoms with van der Waals surface area (Å²) in [6, 6.07) is 11.5. The van der Waals surface area contributed by atoms with Crippen molar-refractivity contribution in [3.05, 3.63) is 65.1 Å². The second kappa shape index (κ2) is 8.28. The summed E-state index contributed by atoms with van der Waals surface area (Å²) >= 11 is 0. The van der Waals surface area contributed by atoms with E-state index in [4.69, 9.17) is 0 Å². The highest BCUT2D eigenvalue weighted by molar-refractivity contribution is 5.99. The summed E-state index contributed by atoms with van der Waals surface area (Å²) in [7, 11) is 0. The largest absolute Gasteiger partial charge is 0.358 e. The van der Waals surface area contributed by atoms with Crippen molar-refractivity contribution >= 4 is 28.4 Å². The predicted molar refractivity (Wildman–Crippen MR) is 115 cm³/mol. The fourth-order valence-corrected chi connectivity index (χ4v) is 3.82. The van der Waals surface area contributed by atoms with E-state index in [2.05, 4.69) is 17.2 Å². The smallest absolute Gasteiger partial charge is 0.253 e. The number of carbonyl (C=O) groups excluding carboxylic acids is 2. The van der Waals surface area contributed by atoms with Crippen molar-refractivity contribution in [1.29, 1.82) is 0 Å². The molecule has 1 saturated heterocycles. The number of piperazine rings is 1. The van der Waals surface area contributed by atoms with E-state index in [1.807, 2.05) is 34.9 Å². The molecule has 1 fully saturated rings. The monoisotopic (exact) mass is 408 g/mol. The topological polar surface area (TPSA) is 68.4 Å². The van der Waals surface area contributed by atoms with Crippen LogP contribution < -0.4 is 5.32 Å². The van der Waals surface area contributed by atoms with Crippen molar-refractivity contribution in [3.8, 4) is 0 Å². The van der Waals surface area contributed by atoms with E-state index in [1.165, 1.54) is 24.3 Å². The molecule has 1 aromatic heterocycles. The number of nitrogens with one attached hydrogen (secondary N) is 2. The predicted octanol–water partition coefficient (Wildman–Crippen LogP) is 3.32.